The Morgan fingerprint density at radius 1 is 1.39 bits per heavy atom. The third kappa shape index (κ3) is 2.93. The molecule has 1 aliphatic rings. The fraction of sp³-hybridized carbons (Fsp3) is 0.500. The van der Waals surface area contributed by atoms with Crippen LogP contribution in [0, 0.1) is 0 Å². The van der Waals surface area contributed by atoms with Gasteiger partial charge in [0, 0.05) is 0 Å². The molecule has 2 aromatic heterocycles. The van der Waals surface area contributed by atoms with Crippen LogP contribution < -0.4 is 5.73 Å². The van der Waals surface area contributed by atoms with Gasteiger partial charge in [-0.05, 0) is 0 Å². The van der Waals surface area contributed by atoms with Crippen LogP contribution in [0.3, 0.4) is 0 Å². The van der Waals surface area contributed by atoms with Crippen molar-refractivity contribution in [2.75, 3.05) is 12.3 Å². The summed E-state index contributed by atoms with van der Waals surface area (Å²) in [7, 11) is -4.88. The Morgan fingerprint density at radius 3 is 2.78 bits per heavy atom. The highest BCUT2D eigenvalue weighted by Crippen LogP contribution is 2.44. The van der Waals surface area contributed by atoms with Crippen molar-refractivity contribution in [3.8, 4) is 0 Å². The van der Waals surface area contributed by atoms with E-state index in [4.69, 9.17) is 20.3 Å². The van der Waals surface area contributed by atoms with Crippen LogP contribution in [0.25, 0.3) is 11.2 Å². The van der Waals surface area contributed by atoms with E-state index < -0.39 is 39.0 Å². The number of fused-ring (bicyclic) bond motifs is 1. The van der Waals surface area contributed by atoms with Crippen molar-refractivity contribution in [2.45, 2.75) is 24.5 Å². The summed E-state index contributed by atoms with van der Waals surface area (Å²) in [6, 6.07) is 0. The van der Waals surface area contributed by atoms with Gasteiger partial charge < -0.3 is 30.5 Å². The minimum atomic E-state index is -4.88. The number of aliphatic hydroxyl groups is 2. The number of nitrogens with zero attached hydrogens (tertiary/aromatic N) is 4. The molecule has 0 amide bonds. The molecule has 13 heteroatoms. The second kappa shape index (κ2) is 5.76. The number of aromatic nitrogens is 4. The molecule has 1 fully saturated rings. The van der Waals surface area contributed by atoms with Crippen molar-refractivity contribution in [3.05, 3.63) is 12.7 Å². The average molecular weight is 347 g/mol. The zero-order valence-corrected chi connectivity index (χ0v) is 12.4. The molecule has 0 unspecified atom stereocenters. The molecule has 1 saturated heterocycles. The summed E-state index contributed by atoms with van der Waals surface area (Å²) in [6.07, 6.45) is -2.68. The Kier molecular flexibility index (Phi) is 4.06. The van der Waals surface area contributed by atoms with Gasteiger partial charge in [-0.25, -0.2) is 19.5 Å². The van der Waals surface area contributed by atoms with E-state index in [9.17, 15) is 14.8 Å². The largest absolute Gasteiger partial charge is 0.470 e. The van der Waals surface area contributed by atoms with Crippen LogP contribution in [0.2, 0.25) is 0 Å². The quantitative estimate of drug-likeness (QED) is 0.390. The molecule has 0 bridgehead atoms. The van der Waals surface area contributed by atoms with Gasteiger partial charge in [-0.2, -0.15) is 0 Å². The average Bonchev–Trinajstić information content (AvgIpc) is 3.01. The Bertz CT molecular complexity index is 763. The smallest absolute Gasteiger partial charge is 0.394 e. The standard InChI is InChI=1S/C10H14N5O7P/c11-8-5-9(13-2-12-8)15(3-14-5)10-6(17)7(4(1-16)21-10)22-23(18,19)20/h2-4,6-7,10,16-17H,1H2,(H2,11,12,13)(H2,18,19,20)/t4-,6+,7+,10-/m0/s1. The van der Waals surface area contributed by atoms with Gasteiger partial charge >= 0.3 is 7.82 Å². The van der Waals surface area contributed by atoms with E-state index in [1.807, 2.05) is 0 Å². The number of aliphatic hydroxyl groups excluding tert-OH is 2. The minimum Gasteiger partial charge on any atom is -0.394 e. The molecule has 6 N–H and O–H groups in total. The Balaban J connectivity index is 1.96. The van der Waals surface area contributed by atoms with Gasteiger partial charge in [0.1, 0.15) is 30.2 Å². The van der Waals surface area contributed by atoms with Crippen LogP contribution in [0.5, 0.6) is 0 Å². The second-order valence-corrected chi connectivity index (χ2v) is 6.07. The fourth-order valence-corrected chi connectivity index (χ4v) is 3.02. The zero-order chi connectivity index (χ0) is 16.8. The van der Waals surface area contributed by atoms with Gasteiger partial charge in [0.15, 0.2) is 17.7 Å². The molecule has 3 rings (SSSR count). The van der Waals surface area contributed by atoms with Gasteiger partial charge in [0.05, 0.1) is 12.9 Å². The molecule has 0 aliphatic carbocycles. The lowest BCUT2D eigenvalue weighted by Crippen LogP contribution is -2.35. The highest BCUT2D eigenvalue weighted by molar-refractivity contribution is 7.46. The third-order valence-electron chi connectivity index (χ3n) is 3.41. The number of ether oxygens (including phenoxy) is 1. The first-order chi connectivity index (χ1) is 10.8. The molecule has 126 valence electrons. The number of hydrogen-bond donors (Lipinski definition) is 5. The van der Waals surface area contributed by atoms with Crippen LogP contribution in [0.1, 0.15) is 6.23 Å². The molecular formula is C10H14N5O7P. The molecule has 0 radical (unpaired) electrons. The maximum absolute atomic E-state index is 11.0. The number of nitrogen functional groups attached to an aromatic ring is 1. The van der Waals surface area contributed by atoms with Crippen molar-refractivity contribution < 1.29 is 33.8 Å². The predicted molar refractivity (Wildman–Crippen MR) is 73.7 cm³/mol. The van der Waals surface area contributed by atoms with Crippen molar-refractivity contribution >= 4 is 24.8 Å². The fourth-order valence-electron chi connectivity index (χ4n) is 2.44. The normalized spacial score (nSPS) is 28.5. The summed E-state index contributed by atoms with van der Waals surface area (Å²) in [6.45, 7) is -0.609. The molecule has 0 aromatic carbocycles. The molecule has 23 heavy (non-hydrogen) atoms. The van der Waals surface area contributed by atoms with Crippen molar-refractivity contribution in [1.29, 1.82) is 0 Å². The highest BCUT2D eigenvalue weighted by Gasteiger charge is 2.48. The number of imidazole rings is 1. The Hall–Kier alpha value is -1.66. The van der Waals surface area contributed by atoms with E-state index in [1.54, 1.807) is 0 Å². The summed E-state index contributed by atoms with van der Waals surface area (Å²) in [5.41, 5.74) is 6.21. The molecule has 2 aromatic rings. The van der Waals surface area contributed by atoms with E-state index in [-0.39, 0.29) is 17.0 Å². The van der Waals surface area contributed by atoms with Gasteiger partial charge in [-0.3, -0.25) is 9.09 Å². The zero-order valence-electron chi connectivity index (χ0n) is 11.5. The predicted octanol–water partition coefficient (Wildman–Crippen LogP) is -1.86. The van der Waals surface area contributed by atoms with Crippen LogP contribution >= 0.6 is 7.82 Å². The SMILES string of the molecule is Nc1ncnc2c1ncn2[C@H]1O[C@@H](CO)[C@@H](OP(=O)(O)O)[C@H]1O. The maximum Gasteiger partial charge on any atom is 0.470 e. The lowest BCUT2D eigenvalue weighted by molar-refractivity contribution is -0.0509. The van der Waals surface area contributed by atoms with E-state index in [2.05, 4.69) is 19.5 Å². The molecule has 0 saturated carbocycles. The summed E-state index contributed by atoms with van der Waals surface area (Å²) in [4.78, 5) is 29.6. The first-order valence-corrected chi connectivity index (χ1v) is 7.96. The van der Waals surface area contributed by atoms with Gasteiger partial charge in [-0.1, -0.05) is 0 Å². The van der Waals surface area contributed by atoms with Gasteiger partial charge in [-0.15, -0.1) is 0 Å². The van der Waals surface area contributed by atoms with E-state index in [0.717, 1.165) is 0 Å². The maximum atomic E-state index is 11.0. The number of phosphoric acid groups is 1. The second-order valence-electron chi connectivity index (χ2n) is 4.88. The molecule has 0 spiro atoms. The Labute approximate surface area is 128 Å². The van der Waals surface area contributed by atoms with E-state index in [0.29, 0.717) is 0 Å². The van der Waals surface area contributed by atoms with Crippen LogP contribution in [0.4, 0.5) is 5.82 Å². The monoisotopic (exact) mass is 347 g/mol. The highest BCUT2D eigenvalue weighted by atomic mass is 31.2. The summed E-state index contributed by atoms with van der Waals surface area (Å²) >= 11 is 0. The number of nitrogens with two attached hydrogens (primary N) is 1. The molecule has 1 aliphatic heterocycles. The Morgan fingerprint density at radius 2 is 2.13 bits per heavy atom. The number of phosphoric ester groups is 1. The van der Waals surface area contributed by atoms with Crippen molar-refractivity contribution in [2.24, 2.45) is 0 Å². The third-order valence-corrected chi connectivity index (χ3v) is 3.93. The number of rotatable bonds is 4. The lowest BCUT2D eigenvalue weighted by atomic mass is 10.1. The molecule has 4 atom stereocenters. The molecule has 3 heterocycles. The molecule has 12 nitrogen and oxygen atoms in total. The van der Waals surface area contributed by atoms with Crippen LogP contribution in [-0.2, 0) is 13.8 Å². The number of hydrogen-bond acceptors (Lipinski definition) is 9. The first-order valence-electron chi connectivity index (χ1n) is 6.43. The summed E-state index contributed by atoms with van der Waals surface area (Å²) in [5.74, 6) is 0.128. The van der Waals surface area contributed by atoms with E-state index in [1.165, 1.54) is 17.2 Å². The minimum absolute atomic E-state index is 0.128. The summed E-state index contributed by atoms with van der Waals surface area (Å²) in [5, 5.41) is 19.6. The van der Waals surface area contributed by atoms with E-state index >= 15 is 0 Å². The van der Waals surface area contributed by atoms with Gasteiger partial charge in [0.25, 0.3) is 0 Å². The first kappa shape index (κ1) is 16.2. The van der Waals surface area contributed by atoms with Crippen molar-refractivity contribution in [3.63, 3.8) is 0 Å². The van der Waals surface area contributed by atoms with Crippen LogP contribution in [0.15, 0.2) is 12.7 Å². The van der Waals surface area contributed by atoms with Crippen LogP contribution in [-0.4, -0.2) is 64.4 Å². The summed E-state index contributed by atoms with van der Waals surface area (Å²) < 4.78 is 22.3. The topological polar surface area (TPSA) is 186 Å². The van der Waals surface area contributed by atoms with Gasteiger partial charge in [0.2, 0.25) is 0 Å². The van der Waals surface area contributed by atoms with Crippen molar-refractivity contribution in [1.82, 2.24) is 19.5 Å². The molecular weight excluding hydrogens is 333 g/mol. The lowest BCUT2D eigenvalue weighted by Gasteiger charge is -2.19. The number of anilines is 1.